The molecule has 5 heteroatoms. The quantitative estimate of drug-likeness (QED) is 0.543. The molecule has 28 heavy (non-hydrogen) atoms. The van der Waals surface area contributed by atoms with Crippen molar-refractivity contribution in [3.05, 3.63) is 70.6 Å². The normalized spacial score (nSPS) is 12.8. The van der Waals surface area contributed by atoms with Gasteiger partial charge in [-0.05, 0) is 30.2 Å². The summed E-state index contributed by atoms with van der Waals surface area (Å²) in [5, 5.41) is 7.73. The Morgan fingerprint density at radius 1 is 1.36 bits per heavy atom. The number of anilines is 2. The van der Waals surface area contributed by atoms with Crippen LogP contribution in [0.1, 0.15) is 29.3 Å². The van der Waals surface area contributed by atoms with Gasteiger partial charge in [-0.2, -0.15) is 0 Å². The van der Waals surface area contributed by atoms with Crippen LogP contribution in [0.25, 0.3) is 17.0 Å². The minimum absolute atomic E-state index is 0.740. The van der Waals surface area contributed by atoms with Gasteiger partial charge in [-0.3, -0.25) is 4.98 Å². The predicted molar refractivity (Wildman–Crippen MR) is 117 cm³/mol. The van der Waals surface area contributed by atoms with Gasteiger partial charge in [-0.1, -0.05) is 37.1 Å². The molecule has 0 atom stereocenters. The van der Waals surface area contributed by atoms with Crippen molar-refractivity contribution < 1.29 is 0 Å². The summed E-state index contributed by atoms with van der Waals surface area (Å²) in [6.45, 7) is 7.16. The summed E-state index contributed by atoms with van der Waals surface area (Å²) in [4.78, 5) is 7.74. The Hall–Kier alpha value is -3.16. The van der Waals surface area contributed by atoms with E-state index >= 15 is 0 Å². The van der Waals surface area contributed by atoms with Gasteiger partial charge in [0.1, 0.15) is 0 Å². The fourth-order valence-electron chi connectivity index (χ4n) is 3.72. The molecule has 1 aliphatic rings. The molecule has 0 bridgehead atoms. The molecule has 0 fully saturated rings. The molecule has 3 N–H and O–H groups in total. The number of H-pyrrole nitrogens is 1. The highest BCUT2D eigenvalue weighted by Crippen LogP contribution is 2.41. The fraction of sp³-hybridized carbons (Fsp3) is 0.174. The first kappa shape index (κ1) is 18.2. The second-order valence-electron chi connectivity index (χ2n) is 6.69. The topological polar surface area (TPSA) is 52.7 Å². The largest absolute Gasteiger partial charge is 0.385 e. The molecule has 2 aromatic heterocycles. The maximum absolute atomic E-state index is 6.43. The summed E-state index contributed by atoms with van der Waals surface area (Å²) in [6, 6.07) is 7.85. The van der Waals surface area contributed by atoms with Crippen molar-refractivity contribution in [2.75, 3.05) is 11.9 Å². The van der Waals surface area contributed by atoms with E-state index in [9.17, 15) is 0 Å². The van der Waals surface area contributed by atoms with Crippen LogP contribution in [-0.4, -0.2) is 16.5 Å². The van der Waals surface area contributed by atoms with Crippen LogP contribution in [0.3, 0.4) is 0 Å². The zero-order valence-electron chi connectivity index (χ0n) is 15.7. The van der Waals surface area contributed by atoms with Crippen molar-refractivity contribution >= 4 is 28.7 Å². The van der Waals surface area contributed by atoms with Gasteiger partial charge in [-0.25, -0.2) is 0 Å². The van der Waals surface area contributed by atoms with Gasteiger partial charge >= 0.3 is 0 Å². The number of terminal acetylenes is 1. The lowest BCUT2D eigenvalue weighted by Gasteiger charge is -2.20. The number of nitrogens with zero attached hydrogens (tertiary/aromatic N) is 1. The van der Waals surface area contributed by atoms with Gasteiger partial charge in [0.05, 0.1) is 16.9 Å². The molecule has 0 saturated heterocycles. The van der Waals surface area contributed by atoms with Gasteiger partial charge in [-0.15, -0.1) is 6.42 Å². The summed E-state index contributed by atoms with van der Waals surface area (Å²) >= 11 is 6.43. The van der Waals surface area contributed by atoms with E-state index in [1.165, 1.54) is 0 Å². The SMILES string of the molecule is C#Cc1cnccc1-c1[nH]c2c(c1Nc1cccc(Cl)c1CC)C(=C)NCC2. The first-order valence-corrected chi connectivity index (χ1v) is 9.65. The number of halogens is 1. The fourth-order valence-corrected chi connectivity index (χ4v) is 4.03. The number of hydrogen-bond donors (Lipinski definition) is 3. The summed E-state index contributed by atoms with van der Waals surface area (Å²) in [5.74, 6) is 2.74. The Morgan fingerprint density at radius 2 is 2.21 bits per heavy atom. The summed E-state index contributed by atoms with van der Waals surface area (Å²) < 4.78 is 0. The number of aromatic amines is 1. The van der Waals surface area contributed by atoms with Crippen LogP contribution < -0.4 is 10.6 Å². The lowest BCUT2D eigenvalue weighted by Crippen LogP contribution is -2.21. The number of rotatable bonds is 4. The highest BCUT2D eigenvalue weighted by Gasteiger charge is 2.25. The molecule has 0 amide bonds. The van der Waals surface area contributed by atoms with E-state index in [0.29, 0.717) is 0 Å². The Balaban J connectivity index is 1.93. The van der Waals surface area contributed by atoms with Crippen molar-refractivity contribution in [3.8, 4) is 23.6 Å². The van der Waals surface area contributed by atoms with Gasteiger partial charge in [0.2, 0.25) is 0 Å². The van der Waals surface area contributed by atoms with Gasteiger partial charge in [0.25, 0.3) is 0 Å². The standard InChI is InChI=1S/C23H21ClN4/c1-4-15-13-25-11-9-17(15)22-23(21-14(3)26-12-10-20(21)28-22)27-19-8-6-7-18(24)16(19)5-2/h1,6-9,11,13,26-28H,3,5,10,12H2,2H3. The average molecular weight is 389 g/mol. The van der Waals surface area contributed by atoms with Crippen molar-refractivity contribution in [3.63, 3.8) is 0 Å². The second-order valence-corrected chi connectivity index (χ2v) is 7.10. The van der Waals surface area contributed by atoms with Gasteiger partial charge in [0.15, 0.2) is 0 Å². The number of hydrogen-bond acceptors (Lipinski definition) is 3. The third-order valence-corrected chi connectivity index (χ3v) is 5.42. The lowest BCUT2D eigenvalue weighted by molar-refractivity contribution is 0.801. The van der Waals surface area contributed by atoms with Crippen LogP contribution in [0.15, 0.2) is 43.2 Å². The summed E-state index contributed by atoms with van der Waals surface area (Å²) in [7, 11) is 0. The molecule has 0 saturated carbocycles. The predicted octanol–water partition coefficient (Wildman–Crippen LogP) is 5.13. The molecule has 0 spiro atoms. The summed E-state index contributed by atoms with van der Waals surface area (Å²) in [6.07, 6.45) is 10.9. The van der Waals surface area contributed by atoms with E-state index in [1.807, 2.05) is 24.3 Å². The van der Waals surface area contributed by atoms with Gasteiger partial charge < -0.3 is 15.6 Å². The highest BCUT2D eigenvalue weighted by atomic mass is 35.5. The maximum atomic E-state index is 6.43. The molecule has 140 valence electrons. The minimum atomic E-state index is 0.740. The first-order chi connectivity index (χ1) is 13.6. The molecule has 0 aliphatic carbocycles. The van der Waals surface area contributed by atoms with Crippen LogP contribution >= 0.6 is 11.6 Å². The zero-order valence-corrected chi connectivity index (χ0v) is 16.5. The van der Waals surface area contributed by atoms with E-state index in [-0.39, 0.29) is 0 Å². The number of nitrogens with one attached hydrogen (secondary N) is 3. The minimum Gasteiger partial charge on any atom is -0.385 e. The van der Waals surface area contributed by atoms with Crippen molar-refractivity contribution in [2.45, 2.75) is 19.8 Å². The van der Waals surface area contributed by atoms with E-state index in [1.54, 1.807) is 12.4 Å². The molecule has 1 aliphatic heterocycles. The van der Waals surface area contributed by atoms with Crippen LogP contribution in [0, 0.1) is 12.3 Å². The van der Waals surface area contributed by atoms with Crippen molar-refractivity contribution in [2.24, 2.45) is 0 Å². The monoisotopic (exact) mass is 388 g/mol. The van der Waals surface area contributed by atoms with E-state index in [2.05, 4.69) is 40.0 Å². The zero-order chi connectivity index (χ0) is 19.7. The molecule has 3 aromatic rings. The molecule has 0 unspecified atom stereocenters. The number of fused-ring (bicyclic) bond motifs is 1. The van der Waals surface area contributed by atoms with Crippen LogP contribution in [0.4, 0.5) is 11.4 Å². The van der Waals surface area contributed by atoms with Crippen molar-refractivity contribution in [1.29, 1.82) is 0 Å². The molecule has 1 aromatic carbocycles. The van der Waals surface area contributed by atoms with E-state index in [0.717, 1.165) is 75.1 Å². The molecule has 0 radical (unpaired) electrons. The number of pyridine rings is 1. The van der Waals surface area contributed by atoms with Gasteiger partial charge in [0, 0.05) is 58.6 Å². The second kappa shape index (κ2) is 7.46. The first-order valence-electron chi connectivity index (χ1n) is 9.27. The molecule has 4 rings (SSSR count). The van der Waals surface area contributed by atoms with Crippen LogP contribution in [0.5, 0.6) is 0 Å². The van der Waals surface area contributed by atoms with Crippen molar-refractivity contribution in [1.82, 2.24) is 15.3 Å². The average Bonchev–Trinajstić information content (AvgIpc) is 3.07. The third-order valence-electron chi connectivity index (χ3n) is 5.07. The Labute approximate surface area is 170 Å². The van der Waals surface area contributed by atoms with Crippen LogP contribution in [0.2, 0.25) is 5.02 Å². The molecular weight excluding hydrogens is 368 g/mol. The summed E-state index contributed by atoms with van der Waals surface area (Å²) in [5.41, 5.74) is 8.71. The van der Waals surface area contributed by atoms with Crippen LogP contribution in [-0.2, 0) is 12.8 Å². The lowest BCUT2D eigenvalue weighted by atomic mass is 10.0. The Morgan fingerprint density at radius 3 is 3.00 bits per heavy atom. The molecule has 4 nitrogen and oxygen atoms in total. The Bertz CT molecular complexity index is 1100. The van der Waals surface area contributed by atoms with E-state index in [4.69, 9.17) is 18.0 Å². The highest BCUT2D eigenvalue weighted by molar-refractivity contribution is 6.31. The third kappa shape index (κ3) is 3.04. The number of aromatic nitrogens is 2. The molecular formula is C23H21ClN4. The maximum Gasteiger partial charge on any atom is 0.0742 e. The Kier molecular flexibility index (Phi) is 4.85. The molecule has 3 heterocycles. The number of benzene rings is 1. The van der Waals surface area contributed by atoms with E-state index < -0.39 is 0 Å². The smallest absolute Gasteiger partial charge is 0.0742 e.